The van der Waals surface area contributed by atoms with E-state index in [4.69, 9.17) is 4.42 Å². The lowest BCUT2D eigenvalue weighted by Gasteiger charge is -2.05. The second-order valence-electron chi connectivity index (χ2n) is 6.11. The monoisotopic (exact) mass is 331 g/mol. The molecule has 1 N–H and O–H groups in total. The average Bonchev–Trinajstić information content (AvgIpc) is 2.92. The Kier molecular flexibility index (Phi) is 6.41. The maximum absolute atomic E-state index is 12.1. The van der Waals surface area contributed by atoms with E-state index in [1.54, 1.807) is 6.26 Å². The number of hydrogen-bond acceptors (Lipinski definition) is 4. The van der Waals surface area contributed by atoms with Crippen LogP contribution in [-0.4, -0.2) is 25.5 Å². The molecule has 0 aliphatic rings. The molecule has 24 heavy (non-hydrogen) atoms. The number of carbonyl (C=O) groups is 2. The minimum absolute atomic E-state index is 0.0103. The molecule has 0 aliphatic carbocycles. The lowest BCUT2D eigenvalue weighted by molar-refractivity contribution is -0.140. The van der Waals surface area contributed by atoms with E-state index in [1.807, 2.05) is 13.0 Å². The highest BCUT2D eigenvalue weighted by Crippen LogP contribution is 2.25. The number of carbonyl (C=O) groups excluding carboxylic acids is 2. The number of rotatable bonds is 8. The van der Waals surface area contributed by atoms with Crippen LogP contribution in [0.25, 0.3) is 11.0 Å². The highest BCUT2D eigenvalue weighted by molar-refractivity contribution is 5.88. The molecule has 1 heterocycles. The number of hydrogen-bond donors (Lipinski definition) is 1. The van der Waals surface area contributed by atoms with Crippen LogP contribution in [-0.2, 0) is 20.7 Å². The summed E-state index contributed by atoms with van der Waals surface area (Å²) in [5.41, 5.74) is 4.11. The fourth-order valence-corrected chi connectivity index (χ4v) is 2.61. The third-order valence-corrected chi connectivity index (χ3v) is 4.23. The lowest BCUT2D eigenvalue weighted by atomic mass is 10.0. The number of fused-ring (bicyclic) bond motifs is 1. The minimum atomic E-state index is -0.184. The van der Waals surface area contributed by atoms with E-state index in [2.05, 4.69) is 23.0 Å². The van der Waals surface area contributed by atoms with Crippen molar-refractivity contribution in [2.75, 3.05) is 13.7 Å². The third kappa shape index (κ3) is 4.85. The van der Waals surface area contributed by atoms with Gasteiger partial charge in [0.2, 0.25) is 5.91 Å². The summed E-state index contributed by atoms with van der Waals surface area (Å²) >= 11 is 0. The number of nitrogens with one attached hydrogen (secondary N) is 1. The van der Waals surface area contributed by atoms with Gasteiger partial charge in [-0.1, -0.05) is 6.42 Å². The minimum Gasteiger partial charge on any atom is -0.469 e. The summed E-state index contributed by atoms with van der Waals surface area (Å²) in [4.78, 5) is 23.0. The van der Waals surface area contributed by atoms with Gasteiger partial charge in [0.05, 0.1) is 19.8 Å². The molecule has 0 bridgehead atoms. The Morgan fingerprint density at radius 2 is 1.88 bits per heavy atom. The molecule has 5 heteroatoms. The summed E-state index contributed by atoms with van der Waals surface area (Å²) in [6, 6.07) is 4.08. The fourth-order valence-electron chi connectivity index (χ4n) is 2.61. The van der Waals surface area contributed by atoms with Gasteiger partial charge >= 0.3 is 5.97 Å². The van der Waals surface area contributed by atoms with Gasteiger partial charge in [-0.2, -0.15) is 0 Å². The summed E-state index contributed by atoms with van der Waals surface area (Å²) in [6.45, 7) is 4.72. The predicted octanol–water partition coefficient (Wildman–Crippen LogP) is 3.44. The predicted molar refractivity (Wildman–Crippen MR) is 92.9 cm³/mol. The molecule has 0 fully saturated rings. The summed E-state index contributed by atoms with van der Waals surface area (Å²) in [5, 5.41) is 3.92. The Balaban J connectivity index is 1.77. The molecule has 2 aromatic rings. The van der Waals surface area contributed by atoms with Crippen LogP contribution < -0.4 is 5.32 Å². The van der Waals surface area contributed by atoms with Crippen LogP contribution in [0.15, 0.2) is 22.8 Å². The first-order valence-electron chi connectivity index (χ1n) is 8.32. The Labute approximate surface area is 142 Å². The zero-order valence-electron chi connectivity index (χ0n) is 14.6. The van der Waals surface area contributed by atoms with Gasteiger partial charge in [-0.3, -0.25) is 9.59 Å². The largest absolute Gasteiger partial charge is 0.469 e. The molecule has 130 valence electrons. The number of amides is 1. The van der Waals surface area contributed by atoms with Gasteiger partial charge < -0.3 is 14.5 Å². The molecule has 0 saturated heterocycles. The zero-order valence-corrected chi connectivity index (χ0v) is 14.6. The van der Waals surface area contributed by atoms with Crippen molar-refractivity contribution in [1.82, 2.24) is 5.32 Å². The van der Waals surface area contributed by atoms with Gasteiger partial charge in [0, 0.05) is 23.9 Å². The first-order chi connectivity index (χ1) is 11.5. The summed E-state index contributed by atoms with van der Waals surface area (Å²) in [6.07, 6.45) is 4.95. The van der Waals surface area contributed by atoms with Gasteiger partial charge in [0.25, 0.3) is 0 Å². The molecular formula is C19H25NO4. The van der Waals surface area contributed by atoms with E-state index < -0.39 is 0 Å². The molecule has 0 atom stereocenters. The maximum Gasteiger partial charge on any atom is 0.305 e. The van der Waals surface area contributed by atoms with E-state index in [0.29, 0.717) is 19.4 Å². The first kappa shape index (κ1) is 18.0. The number of aryl methyl sites for hydroxylation is 2. The van der Waals surface area contributed by atoms with E-state index in [1.165, 1.54) is 18.2 Å². The highest BCUT2D eigenvalue weighted by Gasteiger charge is 2.11. The topological polar surface area (TPSA) is 68.5 Å². The van der Waals surface area contributed by atoms with Crippen molar-refractivity contribution in [2.24, 2.45) is 0 Å². The molecule has 2 rings (SSSR count). The molecule has 1 amide bonds. The van der Waals surface area contributed by atoms with Crippen molar-refractivity contribution in [1.29, 1.82) is 0 Å². The second kappa shape index (κ2) is 8.52. The van der Waals surface area contributed by atoms with E-state index in [9.17, 15) is 9.59 Å². The lowest BCUT2D eigenvalue weighted by Crippen LogP contribution is -2.26. The van der Waals surface area contributed by atoms with Crippen molar-refractivity contribution >= 4 is 22.8 Å². The zero-order chi connectivity index (χ0) is 17.5. The van der Waals surface area contributed by atoms with Gasteiger partial charge in [0.15, 0.2) is 0 Å². The van der Waals surface area contributed by atoms with Gasteiger partial charge in [-0.05, 0) is 49.9 Å². The Hall–Kier alpha value is -2.30. The van der Waals surface area contributed by atoms with E-state index in [0.717, 1.165) is 35.8 Å². The van der Waals surface area contributed by atoms with Crippen LogP contribution >= 0.6 is 0 Å². The van der Waals surface area contributed by atoms with Crippen molar-refractivity contribution in [3.63, 3.8) is 0 Å². The van der Waals surface area contributed by atoms with Crippen molar-refractivity contribution in [3.05, 3.63) is 35.1 Å². The quantitative estimate of drug-likeness (QED) is 0.594. The van der Waals surface area contributed by atoms with Gasteiger partial charge in [-0.25, -0.2) is 0 Å². The standard InChI is InChI=1S/C19H25NO4/c1-13-9-16-15(12-24-17(16)10-14(13)2)11-18(21)20-8-6-4-5-7-19(22)23-3/h9-10,12H,4-8,11H2,1-3H3,(H,20,21). The third-order valence-electron chi connectivity index (χ3n) is 4.23. The summed E-state index contributed by atoms with van der Waals surface area (Å²) in [7, 11) is 1.39. The van der Waals surface area contributed by atoms with Gasteiger partial charge in [0.1, 0.15) is 5.58 Å². The van der Waals surface area contributed by atoms with Gasteiger partial charge in [-0.15, -0.1) is 0 Å². The number of benzene rings is 1. The Morgan fingerprint density at radius 3 is 2.62 bits per heavy atom. The van der Waals surface area contributed by atoms with Crippen LogP contribution in [0, 0.1) is 13.8 Å². The number of methoxy groups -OCH3 is 1. The molecular weight excluding hydrogens is 306 g/mol. The van der Waals surface area contributed by atoms with Crippen LogP contribution in [0.2, 0.25) is 0 Å². The van der Waals surface area contributed by atoms with E-state index in [-0.39, 0.29) is 11.9 Å². The molecule has 0 unspecified atom stereocenters. The molecule has 1 aromatic heterocycles. The molecule has 0 aliphatic heterocycles. The summed E-state index contributed by atoms with van der Waals surface area (Å²) < 4.78 is 10.1. The van der Waals surface area contributed by atoms with Crippen LogP contribution in [0.5, 0.6) is 0 Å². The first-order valence-corrected chi connectivity index (χ1v) is 8.32. The number of unbranched alkanes of at least 4 members (excludes halogenated alkanes) is 2. The molecule has 0 radical (unpaired) electrons. The van der Waals surface area contributed by atoms with Crippen LogP contribution in [0.1, 0.15) is 42.4 Å². The van der Waals surface area contributed by atoms with Crippen molar-refractivity contribution in [3.8, 4) is 0 Å². The Morgan fingerprint density at radius 1 is 1.12 bits per heavy atom. The number of ether oxygens (including phenoxy) is 1. The SMILES string of the molecule is COC(=O)CCCCCNC(=O)Cc1coc2cc(C)c(C)cc12. The second-order valence-corrected chi connectivity index (χ2v) is 6.11. The Bertz CT molecular complexity index is 717. The highest BCUT2D eigenvalue weighted by atomic mass is 16.5. The van der Waals surface area contributed by atoms with Crippen molar-refractivity contribution in [2.45, 2.75) is 46.0 Å². The molecule has 1 aromatic carbocycles. The fraction of sp³-hybridized carbons (Fsp3) is 0.474. The van der Waals surface area contributed by atoms with E-state index >= 15 is 0 Å². The molecule has 0 saturated carbocycles. The van der Waals surface area contributed by atoms with Crippen LogP contribution in [0.4, 0.5) is 0 Å². The normalized spacial score (nSPS) is 10.8. The summed E-state index contributed by atoms with van der Waals surface area (Å²) in [5.74, 6) is -0.194. The smallest absolute Gasteiger partial charge is 0.305 e. The molecule has 0 spiro atoms. The number of esters is 1. The average molecular weight is 331 g/mol. The number of furan rings is 1. The van der Waals surface area contributed by atoms with Crippen molar-refractivity contribution < 1.29 is 18.7 Å². The van der Waals surface area contributed by atoms with Crippen LogP contribution in [0.3, 0.4) is 0 Å². The molecule has 5 nitrogen and oxygen atoms in total. The maximum atomic E-state index is 12.1.